The van der Waals surface area contributed by atoms with Crippen molar-refractivity contribution in [1.82, 2.24) is 4.98 Å². The molecule has 0 saturated heterocycles. The molecule has 0 bridgehead atoms. The van der Waals surface area contributed by atoms with Crippen molar-refractivity contribution in [3.8, 4) is 11.5 Å². The summed E-state index contributed by atoms with van der Waals surface area (Å²) in [5, 5.41) is 3.73. The Labute approximate surface area is 292 Å². The largest absolute Gasteiger partial charge is 0.363 e. The number of rotatable bonds is 11. The van der Waals surface area contributed by atoms with Gasteiger partial charge in [-0.2, -0.15) is 0 Å². The maximum atomic E-state index is 7.18. The molecule has 0 unspecified atom stereocenters. The first-order valence-electron chi connectivity index (χ1n) is 17.9. The Balaban J connectivity index is 0.00000128. The standard InChI is InChI=1S/C36H54N2O2P2.2ClH.Pd/c1-5-17-30(18-6-1)41(31-19-7-2-8-20-31)39-34-25-14-13-16-29(34)28-38-36-35(26-15-27-37-36)40-42(32-21-9-3-10-22-32)33-23-11-4-12-24-33;;;/h13-16,25-27,30-33H,1-12,17-24,28H2,(H,37,38);2*1H;/q;;;+2. The zero-order chi connectivity index (χ0) is 31.1. The number of benzene rings is 1. The Morgan fingerprint density at radius 1 is 0.600 bits per heavy atom. The van der Waals surface area contributed by atoms with Crippen LogP contribution in [0.4, 0.5) is 5.82 Å². The number of nitrogens with one attached hydrogen (secondary N) is 1. The number of aromatic nitrogens is 1. The van der Waals surface area contributed by atoms with Crippen molar-refractivity contribution in [3.05, 3.63) is 48.2 Å². The first-order chi connectivity index (χ1) is 22.3. The van der Waals surface area contributed by atoms with Gasteiger partial charge in [0.1, 0.15) is 22.6 Å². The second-order valence-electron chi connectivity index (χ2n) is 13.7. The van der Waals surface area contributed by atoms with E-state index in [0.717, 1.165) is 46.5 Å². The monoisotopic (exact) mass is 786 g/mol. The van der Waals surface area contributed by atoms with Gasteiger partial charge in [0, 0.05) is 18.3 Å². The van der Waals surface area contributed by atoms with Gasteiger partial charge in [-0.25, -0.2) is 4.98 Å². The fraction of sp³-hybridized carbons (Fsp3) is 0.694. The molecule has 4 nitrogen and oxygen atoms in total. The number of hydrogen-bond acceptors (Lipinski definition) is 4. The summed E-state index contributed by atoms with van der Waals surface area (Å²) in [5.74, 6) is 3.00. The third kappa shape index (κ3) is 11.2. The summed E-state index contributed by atoms with van der Waals surface area (Å²) in [6.45, 7) is 0.725. The Hall–Kier alpha value is -0.128. The molecule has 4 fully saturated rings. The van der Waals surface area contributed by atoms with Crippen molar-refractivity contribution in [3.63, 3.8) is 0 Å². The molecular weight excluding hydrogens is 732 g/mol. The minimum absolute atomic E-state index is 0.106. The minimum Gasteiger partial charge on any atom is -0.363 e. The van der Waals surface area contributed by atoms with Gasteiger partial charge in [0.15, 0.2) is 27.9 Å². The Kier molecular flexibility index (Phi) is 16.4. The normalized spacial score (nSPS) is 21.0. The number of pyridine rings is 1. The molecule has 2 aromatic rings. The molecule has 0 amide bonds. The number of halogens is 2. The maximum absolute atomic E-state index is 7.18. The van der Waals surface area contributed by atoms with E-state index >= 15 is 0 Å². The molecule has 9 heteroatoms. The first-order valence-corrected chi connectivity index (χ1v) is 25.1. The second-order valence-corrected chi connectivity index (χ2v) is 21.3. The zero-order valence-corrected chi connectivity index (χ0v) is 32.1. The predicted octanol–water partition coefficient (Wildman–Crippen LogP) is 12.4. The van der Waals surface area contributed by atoms with Crippen LogP contribution in [-0.2, 0) is 22.5 Å². The van der Waals surface area contributed by atoms with Crippen molar-refractivity contribution >= 4 is 41.2 Å². The molecule has 1 N–H and O–H groups in total. The molecule has 4 saturated carbocycles. The van der Waals surface area contributed by atoms with Crippen LogP contribution in [0, 0.1) is 0 Å². The van der Waals surface area contributed by atoms with E-state index in [2.05, 4.69) is 41.7 Å². The Morgan fingerprint density at radius 2 is 1.00 bits per heavy atom. The molecule has 1 aromatic heterocycles. The van der Waals surface area contributed by atoms with Gasteiger partial charge in [-0.1, -0.05) is 43.9 Å². The van der Waals surface area contributed by atoms with Gasteiger partial charge in [-0.3, -0.25) is 0 Å². The van der Waals surface area contributed by atoms with E-state index in [4.69, 9.17) is 33.1 Å². The predicted molar refractivity (Wildman–Crippen MR) is 195 cm³/mol. The second kappa shape index (κ2) is 20.4. The van der Waals surface area contributed by atoms with Crippen LogP contribution in [0.5, 0.6) is 11.5 Å². The van der Waals surface area contributed by atoms with E-state index in [9.17, 15) is 0 Å². The Morgan fingerprint density at radius 3 is 1.47 bits per heavy atom. The van der Waals surface area contributed by atoms with Crippen LogP contribution in [0.15, 0.2) is 42.6 Å². The number of nitrogens with zero attached hydrogens (tertiary/aromatic N) is 1. The number of hydrogen-bond donors (Lipinski definition) is 1. The van der Waals surface area contributed by atoms with Gasteiger partial charge in [0.05, 0.1) is 0 Å². The third-order valence-electron chi connectivity index (χ3n) is 10.7. The first kappa shape index (κ1) is 36.2. The van der Waals surface area contributed by atoms with Crippen LogP contribution < -0.4 is 14.4 Å². The summed E-state index contributed by atoms with van der Waals surface area (Å²) >= 11 is -0.106. The topological polar surface area (TPSA) is 43.4 Å². The van der Waals surface area contributed by atoms with Gasteiger partial charge in [-0.05, 0) is 121 Å². The van der Waals surface area contributed by atoms with E-state index in [1.54, 1.807) is 0 Å². The van der Waals surface area contributed by atoms with Crippen molar-refractivity contribution < 1.29 is 25.0 Å². The van der Waals surface area contributed by atoms with E-state index in [1.165, 1.54) is 134 Å². The summed E-state index contributed by atoms with van der Waals surface area (Å²) < 4.78 is 14.3. The van der Waals surface area contributed by atoms with Crippen LogP contribution >= 0.6 is 35.4 Å². The van der Waals surface area contributed by atoms with Gasteiger partial charge in [0.2, 0.25) is 5.75 Å². The SMILES string of the molecule is [Cl][Pd][Cl].c1ccc(O[PH+](C2CCCCC2)C2CCCCC2)c(CNc2ncccc2O[PH+](C2CCCCC2)C2CCCCC2)c1. The quantitative estimate of drug-likeness (QED) is 0.182. The third-order valence-corrected chi connectivity index (χ3v) is 17.1. The Bertz CT molecular complexity index is 988. The van der Waals surface area contributed by atoms with E-state index in [-0.39, 0.29) is 15.9 Å². The van der Waals surface area contributed by atoms with Gasteiger partial charge < -0.3 is 14.4 Å². The fourth-order valence-electron chi connectivity index (χ4n) is 8.34. The van der Waals surface area contributed by atoms with Crippen molar-refractivity contribution in [2.24, 2.45) is 0 Å². The molecule has 45 heavy (non-hydrogen) atoms. The van der Waals surface area contributed by atoms with Gasteiger partial charge in [-0.15, -0.1) is 0 Å². The van der Waals surface area contributed by atoms with Gasteiger partial charge in [0.25, 0.3) is 0 Å². The van der Waals surface area contributed by atoms with E-state index in [0.29, 0.717) is 0 Å². The minimum atomic E-state index is -0.951. The fourth-order valence-corrected chi connectivity index (χ4v) is 15.1. The molecular formula is C36H56Cl2N2O2P2Pd+2. The smallest absolute Gasteiger partial charge is 0.215 e. The van der Waals surface area contributed by atoms with E-state index < -0.39 is 16.3 Å². The van der Waals surface area contributed by atoms with Crippen LogP contribution in [0.1, 0.15) is 134 Å². The average Bonchev–Trinajstić information content (AvgIpc) is 3.11. The van der Waals surface area contributed by atoms with Crippen LogP contribution in [0.25, 0.3) is 0 Å². The zero-order valence-electron chi connectivity index (χ0n) is 27.0. The molecule has 0 aliphatic heterocycles. The molecule has 4 aliphatic carbocycles. The van der Waals surface area contributed by atoms with Crippen LogP contribution in [-0.4, -0.2) is 27.6 Å². The molecule has 1 heterocycles. The average molecular weight is 788 g/mol. The molecule has 254 valence electrons. The molecule has 6 rings (SSSR count). The van der Waals surface area contributed by atoms with Crippen LogP contribution in [0.2, 0.25) is 0 Å². The molecule has 1 aromatic carbocycles. The number of para-hydroxylation sites is 1. The summed E-state index contributed by atoms with van der Waals surface area (Å²) in [5.41, 5.74) is 4.45. The summed E-state index contributed by atoms with van der Waals surface area (Å²) in [6, 6.07) is 13.0. The summed E-state index contributed by atoms with van der Waals surface area (Å²) in [7, 11) is 7.76. The maximum Gasteiger partial charge on any atom is 0.215 e. The molecule has 0 atom stereocenters. The van der Waals surface area contributed by atoms with Crippen molar-refractivity contribution in [2.45, 2.75) is 158 Å². The van der Waals surface area contributed by atoms with Crippen LogP contribution in [0.3, 0.4) is 0 Å². The number of anilines is 1. The van der Waals surface area contributed by atoms with Gasteiger partial charge >= 0.3 is 35.0 Å². The molecule has 4 aliphatic rings. The molecule has 0 spiro atoms. The van der Waals surface area contributed by atoms with Crippen molar-refractivity contribution in [2.75, 3.05) is 5.32 Å². The van der Waals surface area contributed by atoms with E-state index in [1.807, 2.05) is 6.20 Å². The summed E-state index contributed by atoms with van der Waals surface area (Å²) in [6.07, 6.45) is 29.6. The summed E-state index contributed by atoms with van der Waals surface area (Å²) in [4.78, 5) is 4.82. The van der Waals surface area contributed by atoms with Crippen molar-refractivity contribution in [1.29, 1.82) is 0 Å². The molecule has 0 radical (unpaired) electrons.